The molecular weight excluding hydrogens is 471 g/mol. The number of nitrogens with zero attached hydrogens (tertiary/aromatic N) is 2. The van der Waals surface area contributed by atoms with Crippen LogP contribution in [0.4, 0.5) is 22.0 Å². The molecule has 182 valence electrons. The van der Waals surface area contributed by atoms with Gasteiger partial charge in [0.25, 0.3) is 5.65 Å². The molecular formula is C29H22F5N2+. The van der Waals surface area contributed by atoms with E-state index < -0.39 is 40.2 Å². The summed E-state index contributed by atoms with van der Waals surface area (Å²) >= 11 is 0. The highest BCUT2D eigenvalue weighted by Gasteiger charge is 2.40. The van der Waals surface area contributed by atoms with E-state index in [1.807, 2.05) is 61.7 Å². The van der Waals surface area contributed by atoms with Gasteiger partial charge in [-0.25, -0.2) is 26.5 Å². The summed E-state index contributed by atoms with van der Waals surface area (Å²) in [6, 6.07) is 11.6. The molecule has 5 aromatic rings. The fourth-order valence-electron chi connectivity index (χ4n) is 5.68. The first-order valence-corrected chi connectivity index (χ1v) is 11.9. The van der Waals surface area contributed by atoms with Crippen LogP contribution in [0.2, 0.25) is 0 Å². The Kier molecular flexibility index (Phi) is 4.81. The number of pyridine rings is 1. The maximum Gasteiger partial charge on any atom is 0.296 e. The van der Waals surface area contributed by atoms with Crippen LogP contribution in [0.3, 0.4) is 0 Å². The van der Waals surface area contributed by atoms with E-state index in [1.165, 1.54) is 6.20 Å². The van der Waals surface area contributed by atoms with Gasteiger partial charge in [0, 0.05) is 10.8 Å². The van der Waals surface area contributed by atoms with E-state index in [4.69, 9.17) is 0 Å². The van der Waals surface area contributed by atoms with E-state index in [2.05, 4.69) is 12.2 Å². The second-order valence-corrected chi connectivity index (χ2v) is 9.42. The van der Waals surface area contributed by atoms with Gasteiger partial charge in [-0.1, -0.05) is 49.8 Å². The molecule has 7 heteroatoms. The molecule has 1 aliphatic heterocycles. The van der Waals surface area contributed by atoms with Crippen molar-refractivity contribution in [3.05, 3.63) is 88.9 Å². The van der Waals surface area contributed by atoms with Crippen molar-refractivity contribution in [3.8, 4) is 11.3 Å². The van der Waals surface area contributed by atoms with Crippen molar-refractivity contribution in [1.29, 1.82) is 0 Å². The van der Waals surface area contributed by atoms with Crippen molar-refractivity contribution in [2.24, 2.45) is 0 Å². The summed E-state index contributed by atoms with van der Waals surface area (Å²) in [4.78, 5) is 0. The molecule has 0 saturated heterocycles. The van der Waals surface area contributed by atoms with Gasteiger partial charge in [-0.05, 0) is 43.5 Å². The Labute approximate surface area is 203 Å². The number of benzene rings is 3. The molecule has 1 aliphatic rings. The van der Waals surface area contributed by atoms with Crippen LogP contribution in [0, 0.1) is 36.0 Å². The topological polar surface area (TPSA) is 8.29 Å². The van der Waals surface area contributed by atoms with E-state index in [9.17, 15) is 13.2 Å². The first kappa shape index (κ1) is 22.7. The van der Waals surface area contributed by atoms with Crippen LogP contribution in [0.15, 0.2) is 48.7 Å². The molecule has 0 aliphatic carbocycles. The molecule has 0 N–H and O–H groups in total. The van der Waals surface area contributed by atoms with Crippen molar-refractivity contribution in [1.82, 2.24) is 4.40 Å². The number of imidazole rings is 1. The van der Waals surface area contributed by atoms with Crippen molar-refractivity contribution >= 4 is 33.4 Å². The number of allylic oxidation sites excluding steroid dienone is 1. The molecule has 2 nitrogen and oxygen atoms in total. The third kappa shape index (κ3) is 2.74. The van der Waals surface area contributed by atoms with E-state index in [0.29, 0.717) is 24.0 Å². The predicted octanol–water partition coefficient (Wildman–Crippen LogP) is 7.75. The molecule has 3 aromatic carbocycles. The Morgan fingerprint density at radius 3 is 2.17 bits per heavy atom. The molecule has 0 radical (unpaired) electrons. The van der Waals surface area contributed by atoms with Crippen LogP contribution in [0.25, 0.3) is 44.7 Å². The SMILES string of the molecule is CCC1(CC)C=Cc2cccc3c4cc(C)ccc4n4c(-c5c(F)c(F)c(F)c(F)c5F)c[n+]1c4c23. The summed E-state index contributed by atoms with van der Waals surface area (Å²) < 4.78 is 76.7. The number of aromatic nitrogens is 2. The molecule has 0 amide bonds. The summed E-state index contributed by atoms with van der Waals surface area (Å²) in [6.45, 7) is 5.97. The van der Waals surface area contributed by atoms with Crippen LogP contribution in [-0.4, -0.2) is 4.40 Å². The fourth-order valence-corrected chi connectivity index (χ4v) is 5.68. The van der Waals surface area contributed by atoms with Gasteiger partial charge in [0.1, 0.15) is 22.8 Å². The average Bonchev–Trinajstić information content (AvgIpc) is 3.21. The zero-order valence-corrected chi connectivity index (χ0v) is 19.9. The van der Waals surface area contributed by atoms with Crippen LogP contribution in [0.5, 0.6) is 0 Å². The third-order valence-electron chi connectivity index (χ3n) is 7.68. The number of rotatable bonds is 3. The Hall–Kier alpha value is -3.74. The van der Waals surface area contributed by atoms with E-state index in [-0.39, 0.29) is 5.69 Å². The lowest BCUT2D eigenvalue weighted by Gasteiger charge is -2.24. The largest absolute Gasteiger partial charge is 0.296 e. The highest BCUT2D eigenvalue weighted by atomic mass is 19.2. The number of aryl methyl sites for hydroxylation is 1. The summed E-state index contributed by atoms with van der Waals surface area (Å²) in [7, 11) is 0. The quantitative estimate of drug-likeness (QED) is 0.0799. The van der Waals surface area contributed by atoms with E-state index in [0.717, 1.165) is 27.3 Å². The molecule has 0 spiro atoms. The van der Waals surface area contributed by atoms with Crippen LogP contribution in [0.1, 0.15) is 37.8 Å². The first-order chi connectivity index (χ1) is 17.2. The smallest absolute Gasteiger partial charge is 0.220 e. The lowest BCUT2D eigenvalue weighted by atomic mass is 9.91. The number of fused-ring (bicyclic) bond motifs is 3. The van der Waals surface area contributed by atoms with Crippen LogP contribution in [-0.2, 0) is 5.54 Å². The normalized spacial score (nSPS) is 14.4. The van der Waals surface area contributed by atoms with Gasteiger partial charge in [-0.15, -0.1) is 0 Å². The molecule has 0 bridgehead atoms. The molecule has 0 saturated carbocycles. The molecule has 6 rings (SSSR count). The van der Waals surface area contributed by atoms with Gasteiger partial charge in [0.2, 0.25) is 5.82 Å². The summed E-state index contributed by atoms with van der Waals surface area (Å²) in [5.74, 6) is -9.79. The van der Waals surface area contributed by atoms with Crippen LogP contribution >= 0.6 is 0 Å². The Balaban J connectivity index is 1.96. The van der Waals surface area contributed by atoms with Gasteiger partial charge < -0.3 is 0 Å². The van der Waals surface area contributed by atoms with E-state index >= 15 is 8.78 Å². The van der Waals surface area contributed by atoms with Gasteiger partial charge in [-0.3, -0.25) is 0 Å². The van der Waals surface area contributed by atoms with Gasteiger partial charge >= 0.3 is 0 Å². The molecule has 36 heavy (non-hydrogen) atoms. The van der Waals surface area contributed by atoms with Gasteiger partial charge in [0.15, 0.2) is 29.0 Å². The van der Waals surface area contributed by atoms with Crippen LogP contribution < -0.4 is 4.57 Å². The average molecular weight is 493 g/mol. The lowest BCUT2D eigenvalue weighted by molar-refractivity contribution is -0.728. The second-order valence-electron chi connectivity index (χ2n) is 9.42. The predicted molar refractivity (Wildman–Crippen MR) is 130 cm³/mol. The summed E-state index contributed by atoms with van der Waals surface area (Å²) in [5, 5.41) is 2.62. The molecule has 0 unspecified atom stereocenters. The van der Waals surface area contributed by atoms with Crippen molar-refractivity contribution in [2.75, 3.05) is 0 Å². The summed E-state index contributed by atoms with van der Waals surface area (Å²) in [5.41, 5.74) is 1.55. The number of hydrogen-bond donors (Lipinski definition) is 0. The zero-order chi connectivity index (χ0) is 25.5. The Morgan fingerprint density at radius 2 is 1.50 bits per heavy atom. The second kappa shape index (κ2) is 7.63. The third-order valence-corrected chi connectivity index (χ3v) is 7.68. The maximum atomic E-state index is 15.2. The fraction of sp³-hybridized carbons (Fsp3) is 0.207. The van der Waals surface area contributed by atoms with Crippen molar-refractivity contribution < 1.29 is 26.5 Å². The Morgan fingerprint density at radius 1 is 0.833 bits per heavy atom. The van der Waals surface area contributed by atoms with E-state index in [1.54, 1.807) is 4.40 Å². The highest BCUT2D eigenvalue weighted by Crippen LogP contribution is 2.41. The minimum Gasteiger partial charge on any atom is -0.220 e. The zero-order valence-electron chi connectivity index (χ0n) is 19.9. The molecule has 2 aromatic heterocycles. The monoisotopic (exact) mass is 493 g/mol. The molecule has 3 heterocycles. The standard InChI is InChI=1S/C29H22F5N2/c1-4-29(5-2)12-11-16-7-6-8-17-18-13-15(3)9-10-19(18)36-20(14-35(29)28(36)21(16)17)22-23(30)25(32)27(34)26(33)24(22)31/h6-14H,4-5H2,1-3H3/q+1. The van der Waals surface area contributed by atoms with Gasteiger partial charge in [0.05, 0.1) is 5.39 Å². The van der Waals surface area contributed by atoms with Crippen molar-refractivity contribution in [3.63, 3.8) is 0 Å². The minimum atomic E-state index is -2.17. The number of halogens is 5. The van der Waals surface area contributed by atoms with Crippen molar-refractivity contribution in [2.45, 2.75) is 39.2 Å². The molecule has 0 atom stereocenters. The first-order valence-electron chi connectivity index (χ1n) is 11.9. The highest BCUT2D eigenvalue weighted by molar-refractivity contribution is 6.14. The minimum absolute atomic E-state index is 0.0927. The molecule has 0 fully saturated rings. The summed E-state index contributed by atoms with van der Waals surface area (Å²) in [6.07, 6.45) is 6.97. The number of hydrogen-bond acceptors (Lipinski definition) is 0. The van der Waals surface area contributed by atoms with Gasteiger partial charge in [-0.2, -0.15) is 4.40 Å². The Bertz CT molecular complexity index is 1750. The maximum absolute atomic E-state index is 15.2. The lowest BCUT2D eigenvalue weighted by Crippen LogP contribution is -2.53.